The number of rotatable bonds is 4. The van der Waals surface area contributed by atoms with Gasteiger partial charge in [-0.2, -0.15) is 0 Å². The van der Waals surface area contributed by atoms with E-state index in [-0.39, 0.29) is 17.9 Å². The molecule has 0 aliphatic carbocycles. The maximum absolute atomic E-state index is 12.6. The fourth-order valence-electron chi connectivity index (χ4n) is 2.66. The predicted molar refractivity (Wildman–Crippen MR) is 74.0 cm³/mol. The van der Waals surface area contributed by atoms with Crippen molar-refractivity contribution in [2.45, 2.75) is 32.4 Å². The monoisotopic (exact) mass is 263 g/mol. The lowest BCUT2D eigenvalue weighted by atomic mass is 9.95. The smallest absolute Gasteiger partial charge is 0.183 e. The van der Waals surface area contributed by atoms with Crippen LogP contribution < -0.4 is 10.1 Å². The second-order valence-corrected chi connectivity index (χ2v) is 5.08. The van der Waals surface area contributed by atoms with Crippen LogP contribution in [0.1, 0.15) is 27.9 Å². The van der Waals surface area contributed by atoms with Crippen LogP contribution in [0.5, 0.6) is 5.75 Å². The molecule has 0 bridgehead atoms. The number of benzene rings is 1. The summed E-state index contributed by atoms with van der Waals surface area (Å²) in [6.45, 7) is 4.67. The molecule has 104 valence electrons. The van der Waals surface area contributed by atoms with E-state index in [4.69, 9.17) is 9.47 Å². The quantitative estimate of drug-likeness (QED) is 0.843. The molecule has 4 nitrogen and oxygen atoms in total. The van der Waals surface area contributed by atoms with E-state index < -0.39 is 0 Å². The zero-order valence-electron chi connectivity index (χ0n) is 11.9. The van der Waals surface area contributed by atoms with Gasteiger partial charge in [0.25, 0.3) is 0 Å². The van der Waals surface area contributed by atoms with Crippen LogP contribution >= 0.6 is 0 Å². The Morgan fingerprint density at radius 2 is 2.05 bits per heavy atom. The molecule has 2 atom stereocenters. The van der Waals surface area contributed by atoms with E-state index in [2.05, 4.69) is 5.32 Å². The van der Waals surface area contributed by atoms with E-state index in [1.807, 2.05) is 26.0 Å². The van der Waals surface area contributed by atoms with Crippen molar-refractivity contribution < 1.29 is 14.3 Å². The van der Waals surface area contributed by atoms with Crippen molar-refractivity contribution in [2.75, 3.05) is 20.8 Å². The Bertz CT molecular complexity index is 485. The van der Waals surface area contributed by atoms with E-state index in [9.17, 15) is 4.79 Å². The average molecular weight is 263 g/mol. The van der Waals surface area contributed by atoms with Crippen molar-refractivity contribution >= 4 is 5.78 Å². The predicted octanol–water partition coefficient (Wildman–Crippen LogP) is 1.87. The summed E-state index contributed by atoms with van der Waals surface area (Å²) in [4.78, 5) is 12.6. The highest BCUT2D eigenvalue weighted by molar-refractivity contribution is 6.04. The van der Waals surface area contributed by atoms with Gasteiger partial charge in [-0.1, -0.05) is 6.07 Å². The normalized spacial score (nSPS) is 22.5. The van der Waals surface area contributed by atoms with Crippen molar-refractivity contribution in [3.63, 3.8) is 0 Å². The first-order valence-electron chi connectivity index (χ1n) is 6.52. The maximum Gasteiger partial charge on any atom is 0.183 e. The number of Topliss-reactive ketones (excluding diaryl/α,β-unsaturated/α-hetero) is 1. The van der Waals surface area contributed by atoms with Crippen LogP contribution in [0.3, 0.4) is 0 Å². The molecule has 1 aromatic carbocycles. The lowest BCUT2D eigenvalue weighted by Crippen LogP contribution is -2.31. The number of ether oxygens (including phenoxy) is 2. The molecular weight excluding hydrogens is 242 g/mol. The van der Waals surface area contributed by atoms with Crippen molar-refractivity contribution in [3.05, 3.63) is 28.8 Å². The number of methoxy groups -OCH3 is 2. The van der Waals surface area contributed by atoms with Crippen LogP contribution in [-0.2, 0) is 4.74 Å². The second-order valence-electron chi connectivity index (χ2n) is 5.08. The molecule has 1 heterocycles. The molecule has 0 amide bonds. The van der Waals surface area contributed by atoms with Gasteiger partial charge in [-0.25, -0.2) is 0 Å². The molecule has 2 unspecified atom stereocenters. The summed E-state index contributed by atoms with van der Waals surface area (Å²) in [6.07, 6.45) is 0.830. The van der Waals surface area contributed by atoms with Gasteiger partial charge in [0.2, 0.25) is 0 Å². The molecule has 4 heteroatoms. The highest BCUT2D eigenvalue weighted by Gasteiger charge is 2.32. The standard InChI is InChI=1S/C15H21NO3/c1-9-5-10(2)14(13(6-9)19-4)15(17)12-7-11(18-3)8-16-12/h5-6,11-12,16H,7-8H2,1-4H3. The molecule has 1 aliphatic heterocycles. The minimum atomic E-state index is -0.180. The molecule has 1 aromatic rings. The molecule has 1 fully saturated rings. The summed E-state index contributed by atoms with van der Waals surface area (Å²) in [5, 5.41) is 3.22. The SMILES string of the molecule is COc1cc(C)cc(C)c1C(=O)C1CC(OC)CN1. The van der Waals surface area contributed by atoms with Gasteiger partial charge in [0.05, 0.1) is 24.8 Å². The van der Waals surface area contributed by atoms with Crippen LogP contribution in [0.4, 0.5) is 0 Å². The molecule has 1 N–H and O–H groups in total. The Labute approximate surface area is 114 Å². The van der Waals surface area contributed by atoms with E-state index in [0.717, 1.165) is 17.7 Å². The summed E-state index contributed by atoms with van der Waals surface area (Å²) in [5.41, 5.74) is 2.74. The van der Waals surface area contributed by atoms with Crippen LogP contribution in [0, 0.1) is 13.8 Å². The lowest BCUT2D eigenvalue weighted by Gasteiger charge is -2.15. The van der Waals surface area contributed by atoms with E-state index in [0.29, 0.717) is 17.7 Å². The fourth-order valence-corrected chi connectivity index (χ4v) is 2.66. The summed E-state index contributed by atoms with van der Waals surface area (Å²) in [6, 6.07) is 3.74. The van der Waals surface area contributed by atoms with Gasteiger partial charge in [0.15, 0.2) is 5.78 Å². The summed E-state index contributed by atoms with van der Waals surface area (Å²) < 4.78 is 10.6. The first-order chi connectivity index (χ1) is 9.06. The van der Waals surface area contributed by atoms with Gasteiger partial charge < -0.3 is 14.8 Å². The van der Waals surface area contributed by atoms with Crippen molar-refractivity contribution in [3.8, 4) is 5.75 Å². The third-order valence-electron chi connectivity index (χ3n) is 3.65. The lowest BCUT2D eigenvalue weighted by molar-refractivity contribution is 0.0915. The Morgan fingerprint density at radius 3 is 2.63 bits per heavy atom. The summed E-state index contributed by atoms with van der Waals surface area (Å²) >= 11 is 0. The van der Waals surface area contributed by atoms with Gasteiger partial charge in [-0.3, -0.25) is 4.79 Å². The number of nitrogens with one attached hydrogen (secondary N) is 1. The van der Waals surface area contributed by atoms with E-state index in [1.165, 1.54) is 0 Å². The summed E-state index contributed by atoms with van der Waals surface area (Å²) in [7, 11) is 3.28. The number of carbonyl (C=O) groups is 1. The largest absolute Gasteiger partial charge is 0.496 e. The molecule has 0 radical (unpaired) electrons. The number of carbonyl (C=O) groups excluding carboxylic acids is 1. The van der Waals surface area contributed by atoms with E-state index in [1.54, 1.807) is 14.2 Å². The second kappa shape index (κ2) is 5.72. The maximum atomic E-state index is 12.6. The Hall–Kier alpha value is -1.39. The highest BCUT2D eigenvalue weighted by atomic mass is 16.5. The molecule has 0 aromatic heterocycles. The van der Waals surface area contributed by atoms with Crippen LogP contribution in [0.2, 0.25) is 0 Å². The van der Waals surface area contributed by atoms with Crippen LogP contribution in [0.25, 0.3) is 0 Å². The molecule has 19 heavy (non-hydrogen) atoms. The molecule has 1 aliphatic rings. The van der Waals surface area contributed by atoms with Gasteiger partial charge in [0.1, 0.15) is 5.75 Å². The van der Waals surface area contributed by atoms with Gasteiger partial charge in [-0.05, 0) is 37.5 Å². The third kappa shape index (κ3) is 2.80. The Kier molecular flexibility index (Phi) is 4.22. The van der Waals surface area contributed by atoms with Gasteiger partial charge in [0, 0.05) is 13.7 Å². The molecule has 0 saturated carbocycles. The van der Waals surface area contributed by atoms with Crippen LogP contribution in [-0.4, -0.2) is 38.7 Å². The highest BCUT2D eigenvalue weighted by Crippen LogP contribution is 2.27. The molecule has 0 spiro atoms. The minimum absolute atomic E-state index is 0.0916. The number of hydrogen-bond acceptors (Lipinski definition) is 4. The van der Waals surface area contributed by atoms with Crippen molar-refractivity contribution in [1.82, 2.24) is 5.32 Å². The summed E-state index contributed by atoms with van der Waals surface area (Å²) in [5.74, 6) is 0.749. The minimum Gasteiger partial charge on any atom is -0.496 e. The number of aryl methyl sites for hydroxylation is 2. The first kappa shape index (κ1) is 14.0. The number of ketones is 1. The van der Waals surface area contributed by atoms with Gasteiger partial charge >= 0.3 is 0 Å². The van der Waals surface area contributed by atoms with E-state index >= 15 is 0 Å². The van der Waals surface area contributed by atoms with Crippen molar-refractivity contribution in [2.24, 2.45) is 0 Å². The molecule has 1 saturated heterocycles. The topological polar surface area (TPSA) is 47.6 Å². The average Bonchev–Trinajstić information content (AvgIpc) is 2.85. The Morgan fingerprint density at radius 1 is 1.32 bits per heavy atom. The fraction of sp³-hybridized carbons (Fsp3) is 0.533. The molecule has 2 rings (SSSR count). The van der Waals surface area contributed by atoms with Crippen molar-refractivity contribution in [1.29, 1.82) is 0 Å². The van der Waals surface area contributed by atoms with Gasteiger partial charge in [-0.15, -0.1) is 0 Å². The molecular formula is C15H21NO3. The Balaban J connectivity index is 2.29. The first-order valence-corrected chi connectivity index (χ1v) is 6.52. The third-order valence-corrected chi connectivity index (χ3v) is 3.65. The van der Waals surface area contributed by atoms with Crippen LogP contribution in [0.15, 0.2) is 12.1 Å². The number of hydrogen-bond donors (Lipinski definition) is 1. The zero-order valence-corrected chi connectivity index (χ0v) is 11.9. The zero-order chi connectivity index (χ0) is 14.0.